The van der Waals surface area contributed by atoms with Crippen LogP contribution >= 0.6 is 0 Å². The number of ether oxygens (including phenoxy) is 1. The van der Waals surface area contributed by atoms with Gasteiger partial charge < -0.3 is 10.1 Å². The molecule has 1 N–H and O–H groups in total. The minimum absolute atomic E-state index is 0.420. The minimum atomic E-state index is 0.420. The van der Waals surface area contributed by atoms with Gasteiger partial charge in [-0.3, -0.25) is 4.68 Å². The second-order valence-corrected chi connectivity index (χ2v) is 5.52. The average molecular weight is 291 g/mol. The van der Waals surface area contributed by atoms with Gasteiger partial charge in [0.25, 0.3) is 0 Å². The van der Waals surface area contributed by atoms with Crippen molar-refractivity contribution in [3.8, 4) is 5.82 Å². The van der Waals surface area contributed by atoms with E-state index in [4.69, 9.17) is 4.74 Å². The van der Waals surface area contributed by atoms with E-state index < -0.39 is 0 Å². The van der Waals surface area contributed by atoms with Gasteiger partial charge >= 0.3 is 0 Å². The van der Waals surface area contributed by atoms with E-state index in [1.54, 1.807) is 7.11 Å². The molecule has 0 aliphatic carbocycles. The lowest BCUT2D eigenvalue weighted by Gasteiger charge is -2.08. The van der Waals surface area contributed by atoms with Crippen LogP contribution in [0.5, 0.6) is 0 Å². The summed E-state index contributed by atoms with van der Waals surface area (Å²) in [7, 11) is 3.66. The molecular weight excluding hydrogens is 266 g/mol. The lowest BCUT2D eigenvalue weighted by molar-refractivity contribution is 0.199. The first-order valence-electron chi connectivity index (χ1n) is 7.32. The molecule has 2 aromatic rings. The Morgan fingerprint density at radius 3 is 2.71 bits per heavy atom. The largest absolute Gasteiger partial charge is 0.383 e. The third-order valence-corrected chi connectivity index (χ3v) is 3.52. The summed E-state index contributed by atoms with van der Waals surface area (Å²) in [6, 6.07) is 2.06. The molecule has 116 valence electrons. The van der Waals surface area contributed by atoms with Crippen molar-refractivity contribution < 1.29 is 4.74 Å². The van der Waals surface area contributed by atoms with Gasteiger partial charge in [-0.1, -0.05) is 13.8 Å². The highest BCUT2D eigenvalue weighted by Crippen LogP contribution is 2.19. The molecule has 21 heavy (non-hydrogen) atoms. The Labute approximate surface area is 126 Å². The van der Waals surface area contributed by atoms with Crippen LogP contribution in [-0.4, -0.2) is 39.8 Å². The minimum Gasteiger partial charge on any atom is -0.383 e. The van der Waals surface area contributed by atoms with Crippen molar-refractivity contribution in [3.05, 3.63) is 29.2 Å². The van der Waals surface area contributed by atoms with Gasteiger partial charge in [-0.2, -0.15) is 10.2 Å². The number of methoxy groups -OCH3 is 1. The molecule has 0 saturated heterocycles. The average Bonchev–Trinajstić information content (AvgIpc) is 3.00. The summed E-state index contributed by atoms with van der Waals surface area (Å²) < 4.78 is 8.87. The van der Waals surface area contributed by atoms with Crippen LogP contribution in [0, 0.1) is 6.92 Å². The van der Waals surface area contributed by atoms with E-state index in [-0.39, 0.29) is 0 Å². The maximum atomic E-state index is 5.06. The van der Waals surface area contributed by atoms with Crippen molar-refractivity contribution in [2.24, 2.45) is 7.05 Å². The van der Waals surface area contributed by atoms with E-state index in [0.717, 1.165) is 30.3 Å². The smallest absolute Gasteiger partial charge is 0.156 e. The monoisotopic (exact) mass is 291 g/mol. The van der Waals surface area contributed by atoms with Crippen molar-refractivity contribution in [1.82, 2.24) is 24.9 Å². The van der Waals surface area contributed by atoms with Crippen LogP contribution in [0.3, 0.4) is 0 Å². The molecule has 0 fully saturated rings. The van der Waals surface area contributed by atoms with Crippen molar-refractivity contribution in [2.75, 3.05) is 20.3 Å². The van der Waals surface area contributed by atoms with Crippen LogP contribution in [-0.2, 0) is 18.3 Å². The first-order chi connectivity index (χ1) is 10.0. The number of aryl methyl sites for hydroxylation is 2. The number of nitrogens with zero attached hydrogens (tertiary/aromatic N) is 4. The molecule has 0 aromatic carbocycles. The Morgan fingerprint density at radius 1 is 1.33 bits per heavy atom. The maximum Gasteiger partial charge on any atom is 0.156 e. The molecular formula is C15H25N5O. The standard InChI is InChI=1S/C15H25N5O/c1-11(2)14-6-8-20(18-14)15-13(10-16-7-9-21-5)12(3)17-19(15)4/h6,8,11,16H,7,9-10H2,1-5H3. The Balaban J connectivity index is 2.25. The molecule has 0 amide bonds. The first-order valence-corrected chi connectivity index (χ1v) is 7.32. The van der Waals surface area contributed by atoms with Crippen LogP contribution < -0.4 is 5.32 Å². The normalized spacial score (nSPS) is 11.5. The molecule has 0 radical (unpaired) electrons. The van der Waals surface area contributed by atoms with Crippen LogP contribution in [0.25, 0.3) is 5.82 Å². The molecule has 0 aliphatic rings. The Bertz CT molecular complexity index is 585. The Kier molecular flexibility index (Phi) is 5.14. The number of aromatic nitrogens is 4. The van der Waals surface area contributed by atoms with E-state index in [9.17, 15) is 0 Å². The third kappa shape index (κ3) is 3.51. The van der Waals surface area contributed by atoms with Crippen molar-refractivity contribution in [3.63, 3.8) is 0 Å². The second kappa shape index (κ2) is 6.87. The highest BCUT2D eigenvalue weighted by molar-refractivity contribution is 5.37. The summed E-state index contributed by atoms with van der Waals surface area (Å²) in [6.07, 6.45) is 2.00. The number of rotatable bonds is 7. The van der Waals surface area contributed by atoms with Gasteiger partial charge in [-0.05, 0) is 18.9 Å². The van der Waals surface area contributed by atoms with Gasteiger partial charge in [0.2, 0.25) is 0 Å². The van der Waals surface area contributed by atoms with Gasteiger partial charge in [0, 0.05) is 39.0 Å². The van der Waals surface area contributed by atoms with E-state index in [0.29, 0.717) is 12.5 Å². The second-order valence-electron chi connectivity index (χ2n) is 5.52. The van der Waals surface area contributed by atoms with Gasteiger partial charge in [-0.25, -0.2) is 4.68 Å². The molecule has 0 atom stereocenters. The molecule has 0 saturated carbocycles. The topological polar surface area (TPSA) is 56.9 Å². The fourth-order valence-corrected chi connectivity index (χ4v) is 2.33. The van der Waals surface area contributed by atoms with Gasteiger partial charge in [0.15, 0.2) is 5.82 Å². The SMILES string of the molecule is COCCNCc1c(C)nn(C)c1-n1ccc(C(C)C)n1. The quantitative estimate of drug-likeness (QED) is 0.790. The zero-order valence-electron chi connectivity index (χ0n) is 13.6. The lowest BCUT2D eigenvalue weighted by Crippen LogP contribution is -2.20. The molecule has 0 aliphatic heterocycles. The van der Waals surface area contributed by atoms with Gasteiger partial charge in [-0.15, -0.1) is 0 Å². The van der Waals surface area contributed by atoms with E-state index in [1.165, 1.54) is 5.56 Å². The van der Waals surface area contributed by atoms with Crippen molar-refractivity contribution in [2.45, 2.75) is 33.2 Å². The molecule has 2 heterocycles. The summed E-state index contributed by atoms with van der Waals surface area (Å²) in [4.78, 5) is 0. The highest BCUT2D eigenvalue weighted by Gasteiger charge is 2.16. The summed E-state index contributed by atoms with van der Waals surface area (Å²) in [5.74, 6) is 1.44. The van der Waals surface area contributed by atoms with Crippen molar-refractivity contribution in [1.29, 1.82) is 0 Å². The number of nitrogens with one attached hydrogen (secondary N) is 1. The fourth-order valence-electron chi connectivity index (χ4n) is 2.33. The van der Waals surface area contributed by atoms with Gasteiger partial charge in [0.05, 0.1) is 18.0 Å². The van der Waals surface area contributed by atoms with E-state index >= 15 is 0 Å². The summed E-state index contributed by atoms with van der Waals surface area (Å²) in [6.45, 7) is 8.61. The maximum absolute atomic E-state index is 5.06. The first kappa shape index (κ1) is 15.7. The zero-order valence-corrected chi connectivity index (χ0v) is 13.6. The van der Waals surface area contributed by atoms with Crippen LogP contribution in [0.15, 0.2) is 12.3 Å². The molecule has 6 nitrogen and oxygen atoms in total. The summed E-state index contributed by atoms with van der Waals surface area (Å²) in [5, 5.41) is 12.6. The van der Waals surface area contributed by atoms with E-state index in [2.05, 4.69) is 35.4 Å². The lowest BCUT2D eigenvalue weighted by atomic mass is 10.1. The Morgan fingerprint density at radius 2 is 2.10 bits per heavy atom. The predicted octanol–water partition coefficient (Wildman–Crippen LogP) is 1.77. The summed E-state index contributed by atoms with van der Waals surface area (Å²) >= 11 is 0. The van der Waals surface area contributed by atoms with Crippen LogP contribution in [0.1, 0.15) is 36.7 Å². The van der Waals surface area contributed by atoms with Gasteiger partial charge in [0.1, 0.15) is 0 Å². The highest BCUT2D eigenvalue weighted by atomic mass is 16.5. The molecule has 0 spiro atoms. The third-order valence-electron chi connectivity index (χ3n) is 3.52. The fraction of sp³-hybridized carbons (Fsp3) is 0.600. The van der Waals surface area contributed by atoms with E-state index in [1.807, 2.05) is 29.5 Å². The van der Waals surface area contributed by atoms with Crippen LogP contribution in [0.4, 0.5) is 0 Å². The molecule has 0 bridgehead atoms. The predicted molar refractivity (Wildman–Crippen MR) is 82.7 cm³/mol. The van der Waals surface area contributed by atoms with Crippen molar-refractivity contribution >= 4 is 0 Å². The number of hydrogen-bond acceptors (Lipinski definition) is 4. The molecule has 6 heteroatoms. The molecule has 2 rings (SSSR count). The molecule has 2 aromatic heterocycles. The number of hydrogen-bond donors (Lipinski definition) is 1. The van der Waals surface area contributed by atoms with Crippen LogP contribution in [0.2, 0.25) is 0 Å². The molecule has 0 unspecified atom stereocenters. The zero-order chi connectivity index (χ0) is 15.4. The Hall–Kier alpha value is -1.66. The summed E-state index contributed by atoms with van der Waals surface area (Å²) in [5.41, 5.74) is 3.29.